The van der Waals surface area contributed by atoms with Crippen molar-refractivity contribution >= 4 is 29.2 Å². The second-order valence-electron chi connectivity index (χ2n) is 4.82. The van der Waals surface area contributed by atoms with E-state index >= 15 is 0 Å². The molecular weight excluding hydrogens is 246 g/mol. The first-order chi connectivity index (χ1) is 8.65. The number of fused-ring (bicyclic) bond motifs is 1. The first kappa shape index (κ1) is 11.5. The van der Waals surface area contributed by atoms with Crippen molar-refractivity contribution < 1.29 is 4.79 Å². The van der Waals surface area contributed by atoms with Crippen molar-refractivity contribution in [3.63, 3.8) is 0 Å². The van der Waals surface area contributed by atoms with Crippen LogP contribution >= 0.6 is 12.2 Å². The Bertz CT molecular complexity index is 660. The van der Waals surface area contributed by atoms with Crippen molar-refractivity contribution in [1.82, 2.24) is 14.9 Å². The Kier molecular flexibility index (Phi) is 2.70. The van der Waals surface area contributed by atoms with Crippen molar-refractivity contribution in [3.05, 3.63) is 28.5 Å². The fraction of sp³-hybridized carbons (Fsp3) is 0.385. The number of imidazole rings is 1. The van der Waals surface area contributed by atoms with Crippen LogP contribution < -0.4 is 5.32 Å². The summed E-state index contributed by atoms with van der Waals surface area (Å²) in [6.07, 6.45) is 1.42. The summed E-state index contributed by atoms with van der Waals surface area (Å²) in [6.45, 7) is 2.73. The van der Waals surface area contributed by atoms with E-state index < -0.39 is 0 Å². The summed E-state index contributed by atoms with van der Waals surface area (Å²) in [5.41, 5.74) is 3.40. The molecule has 0 aliphatic carbocycles. The number of carbonyl (C=O) groups is 1. The molecule has 1 fully saturated rings. The van der Waals surface area contributed by atoms with Gasteiger partial charge < -0.3 is 14.9 Å². The summed E-state index contributed by atoms with van der Waals surface area (Å²) in [5, 5.41) is 2.91. The molecule has 2 heterocycles. The van der Waals surface area contributed by atoms with E-state index in [1.807, 2.05) is 0 Å². The van der Waals surface area contributed by atoms with Crippen LogP contribution in [0.1, 0.15) is 24.4 Å². The number of H-pyrrole nitrogens is 1. The first-order valence-electron chi connectivity index (χ1n) is 6.13. The molecule has 1 aliphatic rings. The molecule has 2 aromatic rings. The van der Waals surface area contributed by atoms with Gasteiger partial charge in [-0.3, -0.25) is 4.79 Å². The van der Waals surface area contributed by atoms with E-state index in [1.54, 1.807) is 0 Å². The highest BCUT2D eigenvalue weighted by Gasteiger charge is 2.21. The third kappa shape index (κ3) is 1.84. The molecule has 3 rings (SSSR count). The quantitative estimate of drug-likeness (QED) is 0.775. The minimum atomic E-state index is 0.133. The minimum absolute atomic E-state index is 0.133. The molecule has 18 heavy (non-hydrogen) atoms. The van der Waals surface area contributed by atoms with Crippen LogP contribution in [0.15, 0.2) is 18.2 Å². The molecule has 1 aromatic heterocycles. The van der Waals surface area contributed by atoms with Crippen LogP contribution in [0.25, 0.3) is 11.0 Å². The summed E-state index contributed by atoms with van der Waals surface area (Å²) in [7, 11) is 0. The van der Waals surface area contributed by atoms with E-state index in [0.717, 1.165) is 22.2 Å². The molecule has 5 heteroatoms. The number of hydrogen-bond donors (Lipinski definition) is 2. The minimum Gasteiger partial charge on any atom is -0.354 e. The fourth-order valence-electron chi connectivity index (χ4n) is 2.53. The molecule has 1 atom stereocenters. The number of nitrogens with one attached hydrogen (secondary N) is 2. The Morgan fingerprint density at radius 3 is 3.00 bits per heavy atom. The van der Waals surface area contributed by atoms with Gasteiger partial charge in [-0.2, -0.15) is 0 Å². The lowest BCUT2D eigenvalue weighted by Gasteiger charge is -2.24. The molecule has 0 bridgehead atoms. The molecule has 1 saturated heterocycles. The van der Waals surface area contributed by atoms with Gasteiger partial charge in [-0.25, -0.2) is 0 Å². The Hall–Kier alpha value is -1.62. The van der Waals surface area contributed by atoms with Gasteiger partial charge in [0.2, 0.25) is 5.91 Å². The van der Waals surface area contributed by atoms with Crippen LogP contribution in [0, 0.1) is 11.7 Å². The summed E-state index contributed by atoms with van der Waals surface area (Å²) in [4.78, 5) is 14.5. The maximum atomic E-state index is 11.2. The second-order valence-corrected chi connectivity index (χ2v) is 5.20. The number of rotatable bonds is 1. The van der Waals surface area contributed by atoms with Gasteiger partial charge in [-0.15, -0.1) is 0 Å². The van der Waals surface area contributed by atoms with Gasteiger partial charge in [-0.1, -0.05) is 6.07 Å². The summed E-state index contributed by atoms with van der Waals surface area (Å²) in [5.74, 6) is 0.133. The molecular formula is C13H15N3OS. The summed E-state index contributed by atoms with van der Waals surface area (Å²) < 4.78 is 2.87. The fourth-order valence-corrected chi connectivity index (χ4v) is 2.89. The Morgan fingerprint density at radius 1 is 1.44 bits per heavy atom. The summed E-state index contributed by atoms with van der Waals surface area (Å²) in [6, 6.07) is 6.52. The highest BCUT2D eigenvalue weighted by molar-refractivity contribution is 7.71. The average Bonchev–Trinajstić information content (AvgIpc) is 2.66. The standard InChI is InChI=1S/C13H15N3OS/c1-8-2-4-10-11(6-8)16(13(18)15-10)9-3-5-12(17)14-7-9/h2,4,6,9H,3,5,7H2,1H3,(H,14,17)(H,15,18). The highest BCUT2D eigenvalue weighted by Crippen LogP contribution is 2.24. The highest BCUT2D eigenvalue weighted by atomic mass is 32.1. The third-order valence-corrected chi connectivity index (χ3v) is 3.78. The predicted octanol–water partition coefficient (Wildman–Crippen LogP) is 2.46. The number of benzene rings is 1. The van der Waals surface area contributed by atoms with Crippen LogP contribution in [0.4, 0.5) is 0 Å². The SMILES string of the molecule is Cc1ccc2[nH]c(=S)n(C3CCC(=O)NC3)c2c1. The van der Waals surface area contributed by atoms with Crippen LogP contribution in [0.3, 0.4) is 0 Å². The number of nitrogens with zero attached hydrogens (tertiary/aromatic N) is 1. The lowest BCUT2D eigenvalue weighted by molar-refractivity contribution is -0.122. The van der Waals surface area contributed by atoms with Crippen molar-refractivity contribution in [2.24, 2.45) is 0 Å². The van der Waals surface area contributed by atoms with Gasteiger partial charge in [0.25, 0.3) is 0 Å². The third-order valence-electron chi connectivity index (χ3n) is 3.48. The smallest absolute Gasteiger partial charge is 0.220 e. The van der Waals surface area contributed by atoms with Crippen molar-refractivity contribution in [2.45, 2.75) is 25.8 Å². The second kappa shape index (κ2) is 4.24. The van der Waals surface area contributed by atoms with E-state index in [9.17, 15) is 4.79 Å². The molecule has 1 aliphatic heterocycles. The van der Waals surface area contributed by atoms with E-state index in [2.05, 4.69) is 40.0 Å². The number of amides is 1. The van der Waals surface area contributed by atoms with E-state index in [-0.39, 0.29) is 11.9 Å². The van der Waals surface area contributed by atoms with Gasteiger partial charge in [0.1, 0.15) is 0 Å². The van der Waals surface area contributed by atoms with Gasteiger partial charge >= 0.3 is 0 Å². The van der Waals surface area contributed by atoms with Crippen molar-refractivity contribution in [3.8, 4) is 0 Å². The zero-order chi connectivity index (χ0) is 12.7. The van der Waals surface area contributed by atoms with Gasteiger partial charge in [0, 0.05) is 13.0 Å². The summed E-state index contributed by atoms with van der Waals surface area (Å²) >= 11 is 5.40. The lowest BCUT2D eigenvalue weighted by Crippen LogP contribution is -2.36. The number of hydrogen-bond acceptors (Lipinski definition) is 2. The normalized spacial score (nSPS) is 20.1. The van der Waals surface area contributed by atoms with Crippen LogP contribution in [-0.4, -0.2) is 22.0 Å². The van der Waals surface area contributed by atoms with Crippen LogP contribution in [0.5, 0.6) is 0 Å². The zero-order valence-corrected chi connectivity index (χ0v) is 11.0. The molecule has 1 unspecified atom stereocenters. The molecule has 1 aromatic carbocycles. The van der Waals surface area contributed by atoms with Crippen molar-refractivity contribution in [2.75, 3.05) is 6.54 Å². The molecule has 0 saturated carbocycles. The number of piperidine rings is 1. The van der Waals surface area contributed by atoms with Gasteiger partial charge in [0.15, 0.2) is 4.77 Å². The zero-order valence-electron chi connectivity index (χ0n) is 10.2. The van der Waals surface area contributed by atoms with E-state index in [1.165, 1.54) is 5.56 Å². The van der Waals surface area contributed by atoms with Gasteiger partial charge in [0.05, 0.1) is 17.1 Å². The van der Waals surface area contributed by atoms with E-state index in [0.29, 0.717) is 13.0 Å². The number of aryl methyl sites for hydroxylation is 1. The molecule has 0 spiro atoms. The Balaban J connectivity index is 2.10. The largest absolute Gasteiger partial charge is 0.354 e. The molecule has 4 nitrogen and oxygen atoms in total. The number of aromatic amines is 1. The average molecular weight is 261 g/mol. The molecule has 2 N–H and O–H groups in total. The van der Waals surface area contributed by atoms with E-state index in [4.69, 9.17) is 12.2 Å². The Labute approximate surface area is 110 Å². The first-order valence-corrected chi connectivity index (χ1v) is 6.53. The van der Waals surface area contributed by atoms with Gasteiger partial charge in [-0.05, 0) is 43.3 Å². The topological polar surface area (TPSA) is 49.8 Å². The van der Waals surface area contributed by atoms with Crippen molar-refractivity contribution in [1.29, 1.82) is 0 Å². The predicted molar refractivity (Wildman–Crippen MR) is 73.1 cm³/mol. The number of carbonyl (C=O) groups excluding carboxylic acids is 1. The Morgan fingerprint density at radius 2 is 2.28 bits per heavy atom. The maximum absolute atomic E-state index is 11.2. The lowest BCUT2D eigenvalue weighted by atomic mass is 10.1. The number of aromatic nitrogens is 2. The van der Waals surface area contributed by atoms with Crippen LogP contribution in [0.2, 0.25) is 0 Å². The molecule has 1 amide bonds. The maximum Gasteiger partial charge on any atom is 0.220 e. The molecule has 94 valence electrons. The molecule has 0 radical (unpaired) electrons. The van der Waals surface area contributed by atoms with Crippen LogP contribution in [-0.2, 0) is 4.79 Å². The monoisotopic (exact) mass is 261 g/mol.